The molecule has 9 heteroatoms. The van der Waals surface area contributed by atoms with Gasteiger partial charge < -0.3 is 11.1 Å². The quantitative estimate of drug-likeness (QED) is 0.701. The summed E-state index contributed by atoms with van der Waals surface area (Å²) in [6.45, 7) is 1.84. The minimum absolute atomic E-state index is 0.0653. The van der Waals surface area contributed by atoms with Crippen LogP contribution in [0.5, 0.6) is 0 Å². The highest BCUT2D eigenvalue weighted by molar-refractivity contribution is 8.04. The third-order valence-corrected chi connectivity index (χ3v) is 7.00. The molecule has 1 atom stereocenters. The Balaban J connectivity index is 1.55. The van der Waals surface area contributed by atoms with Crippen LogP contribution in [0.3, 0.4) is 0 Å². The Bertz CT molecular complexity index is 793. The van der Waals surface area contributed by atoms with Crippen molar-refractivity contribution in [3.63, 3.8) is 0 Å². The smallest absolute Gasteiger partial charge is 0.237 e. The summed E-state index contributed by atoms with van der Waals surface area (Å²) in [5, 5.41) is 10.7. The maximum atomic E-state index is 12.4. The van der Waals surface area contributed by atoms with E-state index < -0.39 is 5.91 Å². The molecule has 132 valence electrons. The van der Waals surface area contributed by atoms with Crippen molar-refractivity contribution in [3.05, 3.63) is 29.3 Å². The summed E-state index contributed by atoms with van der Waals surface area (Å²) >= 11 is 3.97. The number of primary amides is 1. The molecule has 0 bridgehead atoms. The Kier molecular flexibility index (Phi) is 5.98. The number of hydrogen-bond donors (Lipinski definition) is 2. The fraction of sp³-hybridized carbons (Fsp3) is 0.375. The highest BCUT2D eigenvalue weighted by Crippen LogP contribution is 2.32. The Labute approximate surface area is 158 Å². The molecule has 0 saturated carbocycles. The van der Waals surface area contributed by atoms with E-state index in [2.05, 4.69) is 27.6 Å². The van der Waals surface area contributed by atoms with Gasteiger partial charge in [0.05, 0.1) is 11.0 Å². The zero-order valence-electron chi connectivity index (χ0n) is 13.7. The van der Waals surface area contributed by atoms with Crippen LogP contribution in [-0.2, 0) is 22.4 Å². The molecule has 1 aromatic heterocycles. The van der Waals surface area contributed by atoms with Crippen molar-refractivity contribution in [1.82, 2.24) is 10.2 Å². The number of amides is 2. The Morgan fingerprint density at radius 2 is 2.04 bits per heavy atom. The van der Waals surface area contributed by atoms with Gasteiger partial charge in [0, 0.05) is 5.69 Å². The molecule has 0 saturated heterocycles. The Morgan fingerprint density at radius 1 is 1.28 bits per heavy atom. The normalized spacial score (nSPS) is 14.1. The lowest BCUT2D eigenvalue weighted by Crippen LogP contribution is -2.22. The largest absolute Gasteiger partial charge is 0.369 e. The van der Waals surface area contributed by atoms with Crippen LogP contribution in [0, 0.1) is 0 Å². The number of fused-ring (bicyclic) bond motifs is 1. The van der Waals surface area contributed by atoms with E-state index in [1.54, 1.807) is 0 Å². The number of aryl methyl sites for hydroxylation is 2. The zero-order chi connectivity index (χ0) is 17.8. The maximum absolute atomic E-state index is 12.4. The molecule has 25 heavy (non-hydrogen) atoms. The first kappa shape index (κ1) is 18.2. The Morgan fingerprint density at radius 3 is 2.84 bits per heavy atom. The average molecular weight is 395 g/mol. The van der Waals surface area contributed by atoms with Crippen LogP contribution in [0.1, 0.15) is 24.5 Å². The minimum Gasteiger partial charge on any atom is -0.369 e. The number of nitrogens with zero attached hydrogens (tertiary/aromatic N) is 2. The topological polar surface area (TPSA) is 98.0 Å². The van der Waals surface area contributed by atoms with Gasteiger partial charge in [-0.05, 0) is 49.4 Å². The van der Waals surface area contributed by atoms with Crippen molar-refractivity contribution in [3.8, 4) is 0 Å². The van der Waals surface area contributed by atoms with Gasteiger partial charge in [-0.2, -0.15) is 0 Å². The van der Waals surface area contributed by atoms with Crippen molar-refractivity contribution >= 4 is 52.4 Å². The lowest BCUT2D eigenvalue weighted by molar-refractivity contribution is -0.116. The first-order chi connectivity index (χ1) is 12.0. The molecule has 0 aliphatic heterocycles. The first-order valence-corrected chi connectivity index (χ1v) is 10.5. The van der Waals surface area contributed by atoms with Crippen LogP contribution < -0.4 is 11.1 Å². The predicted molar refractivity (Wildman–Crippen MR) is 102 cm³/mol. The van der Waals surface area contributed by atoms with Crippen molar-refractivity contribution in [1.29, 1.82) is 0 Å². The summed E-state index contributed by atoms with van der Waals surface area (Å²) in [6, 6.07) is 6.13. The molecule has 0 fully saturated rings. The third kappa shape index (κ3) is 4.96. The lowest BCUT2D eigenvalue weighted by atomic mass is 10.1. The molecule has 3 N–H and O–H groups in total. The van der Waals surface area contributed by atoms with Crippen molar-refractivity contribution in [2.45, 2.75) is 40.1 Å². The molecule has 6 nitrogen and oxygen atoms in total. The highest BCUT2D eigenvalue weighted by atomic mass is 32.2. The minimum atomic E-state index is -0.392. The van der Waals surface area contributed by atoms with Crippen molar-refractivity contribution in [2.24, 2.45) is 5.73 Å². The molecule has 1 aliphatic carbocycles. The van der Waals surface area contributed by atoms with Gasteiger partial charge >= 0.3 is 0 Å². The predicted octanol–water partition coefficient (Wildman–Crippen LogP) is 2.72. The standard InChI is InChI=1S/C16H18N4O2S3/c1-9(24-16-20-19-15(25-16)23-8-13(17)21)14(22)18-12-6-5-10-3-2-4-11(10)7-12/h5-7,9H,2-4,8H2,1H3,(H2,17,21)(H,18,22). The summed E-state index contributed by atoms with van der Waals surface area (Å²) in [4.78, 5) is 23.2. The molecular weight excluding hydrogens is 376 g/mol. The van der Waals surface area contributed by atoms with Crippen LogP contribution in [0.25, 0.3) is 0 Å². The van der Waals surface area contributed by atoms with Crippen molar-refractivity contribution in [2.75, 3.05) is 11.1 Å². The van der Waals surface area contributed by atoms with Gasteiger partial charge in [0.2, 0.25) is 11.8 Å². The van der Waals surface area contributed by atoms with Gasteiger partial charge in [0.1, 0.15) is 0 Å². The SMILES string of the molecule is CC(Sc1nnc(SCC(N)=O)s1)C(=O)Nc1ccc2c(c1)CCC2. The number of benzene rings is 1. The fourth-order valence-corrected chi connectivity index (χ4v) is 5.44. The molecule has 1 unspecified atom stereocenters. The molecule has 2 aromatic rings. The van der Waals surface area contributed by atoms with Crippen molar-refractivity contribution < 1.29 is 9.59 Å². The van der Waals surface area contributed by atoms with Crippen LogP contribution >= 0.6 is 34.9 Å². The van der Waals surface area contributed by atoms with E-state index in [9.17, 15) is 9.59 Å². The van der Waals surface area contributed by atoms with Gasteiger partial charge in [-0.1, -0.05) is 40.9 Å². The number of carbonyl (C=O) groups is 2. The number of nitrogens with two attached hydrogens (primary N) is 1. The number of anilines is 1. The van der Waals surface area contributed by atoms with E-state index in [4.69, 9.17) is 5.73 Å². The number of aromatic nitrogens is 2. The molecule has 0 spiro atoms. The number of hydrogen-bond acceptors (Lipinski definition) is 7. The van der Waals surface area contributed by atoms with E-state index >= 15 is 0 Å². The Hall–Kier alpha value is -1.58. The molecule has 1 heterocycles. The maximum Gasteiger partial charge on any atom is 0.237 e. The molecule has 0 radical (unpaired) electrons. The van der Waals surface area contributed by atoms with Crippen LogP contribution in [0.15, 0.2) is 26.9 Å². The van der Waals surface area contributed by atoms with E-state index in [1.165, 1.54) is 52.4 Å². The second kappa shape index (κ2) is 8.20. The summed E-state index contributed by atoms with van der Waals surface area (Å²) < 4.78 is 1.37. The first-order valence-electron chi connectivity index (χ1n) is 7.85. The molecule has 1 aliphatic rings. The number of rotatable bonds is 7. The van der Waals surface area contributed by atoms with E-state index in [1.807, 2.05) is 13.0 Å². The third-order valence-electron chi connectivity index (χ3n) is 3.74. The van der Waals surface area contributed by atoms with Gasteiger partial charge in [-0.3, -0.25) is 9.59 Å². The average Bonchev–Trinajstić information content (AvgIpc) is 3.21. The number of carbonyl (C=O) groups excluding carboxylic acids is 2. The van der Waals surface area contributed by atoms with Crippen LogP contribution in [-0.4, -0.2) is 33.0 Å². The zero-order valence-corrected chi connectivity index (χ0v) is 16.1. The molecule has 3 rings (SSSR count). The molecular formula is C16H18N4O2S3. The molecule has 2 amide bonds. The van der Waals surface area contributed by atoms with Gasteiger partial charge in [-0.25, -0.2) is 0 Å². The summed E-state index contributed by atoms with van der Waals surface area (Å²) in [6.07, 6.45) is 3.40. The van der Waals surface area contributed by atoms with Crippen LogP contribution in [0.2, 0.25) is 0 Å². The summed E-state index contributed by atoms with van der Waals surface area (Å²) in [7, 11) is 0. The lowest BCUT2D eigenvalue weighted by Gasteiger charge is -2.11. The van der Waals surface area contributed by atoms with Gasteiger partial charge in [0.15, 0.2) is 8.68 Å². The summed E-state index contributed by atoms with van der Waals surface area (Å²) in [5.41, 5.74) is 8.67. The van der Waals surface area contributed by atoms with E-state index in [0.717, 1.165) is 18.5 Å². The second-order valence-corrected chi connectivity index (χ2v) is 9.46. The van der Waals surface area contributed by atoms with Gasteiger partial charge in [-0.15, -0.1) is 10.2 Å². The fourth-order valence-electron chi connectivity index (χ4n) is 2.53. The van der Waals surface area contributed by atoms with Crippen LogP contribution in [0.4, 0.5) is 5.69 Å². The highest BCUT2D eigenvalue weighted by Gasteiger charge is 2.19. The second-order valence-electron chi connectivity index (χ2n) is 5.68. The number of nitrogens with one attached hydrogen (secondary N) is 1. The van der Waals surface area contributed by atoms with Gasteiger partial charge in [0.25, 0.3) is 0 Å². The monoisotopic (exact) mass is 394 g/mol. The van der Waals surface area contributed by atoms with E-state index in [-0.39, 0.29) is 16.9 Å². The number of thioether (sulfide) groups is 2. The summed E-state index contributed by atoms with van der Waals surface area (Å²) in [5.74, 6) is -0.283. The molecule has 1 aromatic carbocycles. The van der Waals surface area contributed by atoms with E-state index in [0.29, 0.717) is 8.68 Å².